The average molecular weight is 289 g/mol. The number of rotatable bonds is 7. The Morgan fingerprint density at radius 2 is 2.19 bits per heavy atom. The van der Waals surface area contributed by atoms with Crippen molar-refractivity contribution < 1.29 is 14.7 Å². The monoisotopic (exact) mass is 289 g/mol. The molecule has 0 spiro atoms. The number of unbranched alkanes of at least 4 members (excludes halogenated alkanes) is 1. The summed E-state index contributed by atoms with van der Waals surface area (Å²) >= 11 is 0. The summed E-state index contributed by atoms with van der Waals surface area (Å²) in [4.78, 5) is 26.6. The fourth-order valence-corrected chi connectivity index (χ4v) is 1.61. The minimum atomic E-state index is -0.340. The second-order valence-electron chi connectivity index (χ2n) is 4.35. The van der Waals surface area contributed by atoms with Gasteiger partial charge >= 0.3 is 0 Å². The third-order valence-corrected chi connectivity index (χ3v) is 2.62. The van der Waals surface area contributed by atoms with E-state index in [1.807, 2.05) is 0 Å². The van der Waals surface area contributed by atoms with Gasteiger partial charge in [-0.05, 0) is 25.0 Å². The maximum Gasteiger partial charge on any atom is 0.271 e. The van der Waals surface area contributed by atoms with Crippen molar-refractivity contribution in [1.82, 2.24) is 10.3 Å². The molecule has 21 heavy (non-hydrogen) atoms. The van der Waals surface area contributed by atoms with E-state index >= 15 is 0 Å². The molecule has 0 aliphatic carbocycles. The van der Waals surface area contributed by atoms with E-state index in [0.717, 1.165) is 0 Å². The lowest BCUT2D eigenvalue weighted by Crippen LogP contribution is -2.26. The van der Waals surface area contributed by atoms with Gasteiger partial charge in [0.05, 0.1) is 12.2 Å². The zero-order valence-electron chi connectivity index (χ0n) is 11.8. The van der Waals surface area contributed by atoms with Crippen molar-refractivity contribution >= 4 is 11.8 Å². The van der Waals surface area contributed by atoms with E-state index in [2.05, 4.69) is 22.1 Å². The number of nitrogens with zero attached hydrogens (tertiary/aromatic N) is 1. The summed E-state index contributed by atoms with van der Waals surface area (Å²) in [5.74, 6) is 4.94. The quantitative estimate of drug-likeness (QED) is 0.492. The van der Waals surface area contributed by atoms with E-state index in [1.54, 1.807) is 12.1 Å². The fourth-order valence-electron chi connectivity index (χ4n) is 1.61. The molecule has 0 bridgehead atoms. The van der Waals surface area contributed by atoms with Gasteiger partial charge < -0.3 is 16.2 Å². The van der Waals surface area contributed by atoms with Crippen LogP contribution < -0.4 is 11.1 Å². The molecule has 0 fully saturated rings. The molecular weight excluding hydrogens is 270 g/mol. The van der Waals surface area contributed by atoms with E-state index in [-0.39, 0.29) is 24.1 Å². The molecule has 1 rings (SSSR count). The number of aliphatic hydroxyl groups excluding tert-OH is 1. The minimum absolute atomic E-state index is 0.0192. The van der Waals surface area contributed by atoms with Crippen molar-refractivity contribution in [2.75, 3.05) is 13.2 Å². The van der Waals surface area contributed by atoms with E-state index in [4.69, 9.17) is 10.8 Å². The molecule has 1 aromatic heterocycles. The van der Waals surface area contributed by atoms with Gasteiger partial charge in [0.25, 0.3) is 5.91 Å². The summed E-state index contributed by atoms with van der Waals surface area (Å²) in [7, 11) is 0. The number of nitrogens with one attached hydrogen (secondary N) is 1. The highest BCUT2D eigenvalue weighted by molar-refractivity contribution is 5.94. The van der Waals surface area contributed by atoms with Crippen molar-refractivity contribution in [1.29, 1.82) is 0 Å². The molecule has 1 aromatic rings. The van der Waals surface area contributed by atoms with Crippen molar-refractivity contribution in [3.63, 3.8) is 0 Å². The van der Waals surface area contributed by atoms with Gasteiger partial charge in [0.2, 0.25) is 5.91 Å². The number of hydrogen-bond acceptors (Lipinski definition) is 4. The van der Waals surface area contributed by atoms with E-state index in [9.17, 15) is 9.59 Å². The lowest BCUT2D eigenvalue weighted by Gasteiger charge is -2.05. The normalized spacial score (nSPS) is 9.57. The van der Waals surface area contributed by atoms with Crippen molar-refractivity contribution in [2.45, 2.75) is 25.7 Å². The second kappa shape index (κ2) is 9.50. The summed E-state index contributed by atoms with van der Waals surface area (Å²) in [6.45, 7) is 0.431. The van der Waals surface area contributed by atoms with Gasteiger partial charge in [-0.25, -0.2) is 4.98 Å². The largest absolute Gasteiger partial charge is 0.395 e. The van der Waals surface area contributed by atoms with Gasteiger partial charge in [-0.15, -0.1) is 0 Å². The molecule has 0 aliphatic heterocycles. The van der Waals surface area contributed by atoms with Gasteiger partial charge in [0.1, 0.15) is 5.69 Å². The minimum Gasteiger partial charge on any atom is -0.395 e. The summed E-state index contributed by atoms with van der Waals surface area (Å²) in [6, 6.07) is 3.41. The van der Waals surface area contributed by atoms with Crippen LogP contribution in [0.5, 0.6) is 0 Å². The SMILES string of the molecule is NC(=O)CCCCNC(=O)c1ncccc1C#CCCO. The lowest BCUT2D eigenvalue weighted by molar-refractivity contribution is -0.118. The van der Waals surface area contributed by atoms with Crippen LogP contribution in [-0.2, 0) is 4.79 Å². The van der Waals surface area contributed by atoms with Crippen LogP contribution >= 0.6 is 0 Å². The predicted octanol–water partition coefficient (Wildman–Crippen LogP) is 0.201. The average Bonchev–Trinajstić information content (AvgIpc) is 2.47. The molecule has 6 nitrogen and oxygen atoms in total. The fraction of sp³-hybridized carbons (Fsp3) is 0.400. The Morgan fingerprint density at radius 1 is 1.38 bits per heavy atom. The van der Waals surface area contributed by atoms with Crippen LogP contribution in [0.1, 0.15) is 41.7 Å². The van der Waals surface area contributed by atoms with E-state index < -0.39 is 0 Å². The topological polar surface area (TPSA) is 105 Å². The number of nitrogens with two attached hydrogens (primary N) is 1. The van der Waals surface area contributed by atoms with Crippen LogP contribution in [0, 0.1) is 11.8 Å². The van der Waals surface area contributed by atoms with Crippen LogP contribution in [-0.4, -0.2) is 35.1 Å². The Hall–Kier alpha value is -2.39. The van der Waals surface area contributed by atoms with Gasteiger partial charge in [-0.3, -0.25) is 9.59 Å². The molecule has 1 heterocycles. The summed E-state index contributed by atoms with van der Waals surface area (Å²) in [5.41, 5.74) is 5.82. The highest BCUT2D eigenvalue weighted by Crippen LogP contribution is 2.04. The number of carbonyl (C=O) groups excluding carboxylic acids is 2. The number of aliphatic hydroxyl groups is 1. The van der Waals surface area contributed by atoms with Crippen molar-refractivity contribution in [3.05, 3.63) is 29.6 Å². The molecule has 0 unspecified atom stereocenters. The first-order valence-corrected chi connectivity index (χ1v) is 6.76. The molecule has 0 aromatic carbocycles. The van der Waals surface area contributed by atoms with Gasteiger partial charge in [-0.2, -0.15) is 0 Å². The number of primary amides is 1. The van der Waals surface area contributed by atoms with Crippen LogP contribution in [0.15, 0.2) is 18.3 Å². The lowest BCUT2D eigenvalue weighted by atomic mass is 10.1. The van der Waals surface area contributed by atoms with Crippen molar-refractivity contribution in [2.24, 2.45) is 5.73 Å². The van der Waals surface area contributed by atoms with Gasteiger partial charge in [-0.1, -0.05) is 11.8 Å². The summed E-state index contributed by atoms with van der Waals surface area (Å²) in [5, 5.41) is 11.4. The van der Waals surface area contributed by atoms with Gasteiger partial charge in [0, 0.05) is 25.6 Å². The maximum absolute atomic E-state index is 12.0. The molecule has 0 aliphatic rings. The number of carbonyl (C=O) groups is 2. The molecule has 0 saturated heterocycles. The van der Waals surface area contributed by atoms with E-state index in [0.29, 0.717) is 37.8 Å². The molecule has 6 heteroatoms. The van der Waals surface area contributed by atoms with Crippen LogP contribution in [0.2, 0.25) is 0 Å². The third kappa shape index (κ3) is 6.54. The Balaban J connectivity index is 2.54. The number of amides is 2. The number of aromatic nitrogens is 1. The van der Waals surface area contributed by atoms with E-state index in [1.165, 1.54) is 6.20 Å². The predicted molar refractivity (Wildman–Crippen MR) is 78.2 cm³/mol. The van der Waals surface area contributed by atoms with Crippen LogP contribution in [0.3, 0.4) is 0 Å². The molecule has 112 valence electrons. The third-order valence-electron chi connectivity index (χ3n) is 2.62. The number of pyridine rings is 1. The Kier molecular flexibility index (Phi) is 7.54. The summed E-state index contributed by atoms with van der Waals surface area (Å²) in [6.07, 6.45) is 3.51. The standard InChI is InChI=1S/C15H19N3O3/c16-13(20)8-1-3-9-18-15(21)14-12(6-2-4-11-19)7-5-10-17-14/h5,7,10,19H,1,3-4,8-9,11H2,(H2,16,20)(H,18,21). The molecular formula is C15H19N3O3. The zero-order valence-corrected chi connectivity index (χ0v) is 11.8. The van der Waals surface area contributed by atoms with Crippen LogP contribution in [0.25, 0.3) is 0 Å². The Bertz CT molecular complexity index is 547. The zero-order chi connectivity index (χ0) is 15.5. The Labute approximate surface area is 123 Å². The first-order chi connectivity index (χ1) is 10.1. The molecule has 2 amide bonds. The highest BCUT2D eigenvalue weighted by Gasteiger charge is 2.10. The molecule has 0 saturated carbocycles. The number of hydrogen-bond donors (Lipinski definition) is 3. The maximum atomic E-state index is 12.0. The highest BCUT2D eigenvalue weighted by atomic mass is 16.2. The molecule has 0 atom stereocenters. The van der Waals surface area contributed by atoms with Crippen LogP contribution in [0.4, 0.5) is 0 Å². The summed E-state index contributed by atoms with van der Waals surface area (Å²) < 4.78 is 0. The van der Waals surface area contributed by atoms with Gasteiger partial charge in [0.15, 0.2) is 0 Å². The first-order valence-electron chi connectivity index (χ1n) is 6.76. The second-order valence-corrected chi connectivity index (χ2v) is 4.35. The molecule has 4 N–H and O–H groups in total. The molecule has 0 radical (unpaired) electrons. The Morgan fingerprint density at radius 3 is 2.90 bits per heavy atom. The first kappa shape index (κ1) is 16.7. The smallest absolute Gasteiger partial charge is 0.271 e. The van der Waals surface area contributed by atoms with Crippen molar-refractivity contribution in [3.8, 4) is 11.8 Å².